The molecule has 1 fully saturated rings. The highest BCUT2D eigenvalue weighted by atomic mass is 35.5. The highest BCUT2D eigenvalue weighted by Crippen LogP contribution is 2.39. The maximum absolute atomic E-state index is 12.7. The van der Waals surface area contributed by atoms with Crippen LogP contribution in [0.4, 0.5) is 5.69 Å². The fourth-order valence-electron chi connectivity index (χ4n) is 3.61. The minimum Gasteiger partial charge on any atom is -0.457 e. The van der Waals surface area contributed by atoms with E-state index in [0.29, 0.717) is 23.7 Å². The molecule has 3 aromatic carbocycles. The Morgan fingerprint density at radius 1 is 0.964 bits per heavy atom. The molecule has 0 bridgehead atoms. The Morgan fingerprint density at radius 2 is 1.71 bits per heavy atom. The molecule has 0 radical (unpaired) electrons. The lowest BCUT2D eigenvalue weighted by Crippen LogP contribution is -2.24. The topological polar surface area (TPSA) is 29.5 Å². The number of hydrogen-bond donors (Lipinski definition) is 0. The van der Waals surface area contributed by atoms with E-state index in [1.165, 1.54) is 5.56 Å². The van der Waals surface area contributed by atoms with Gasteiger partial charge in [-0.05, 0) is 49.7 Å². The smallest absolute Gasteiger partial charge is 0.227 e. The van der Waals surface area contributed by atoms with E-state index in [4.69, 9.17) is 16.3 Å². The summed E-state index contributed by atoms with van der Waals surface area (Å²) in [5.74, 6) is 1.70. The average Bonchev–Trinajstić information content (AvgIpc) is 3.06. The Bertz CT molecular complexity index is 1010. The van der Waals surface area contributed by atoms with Crippen LogP contribution in [0.15, 0.2) is 66.7 Å². The Balaban J connectivity index is 1.63. The number of halogens is 1. The number of para-hydroxylation sites is 1. The summed E-state index contributed by atoms with van der Waals surface area (Å²) in [7, 11) is 0. The van der Waals surface area contributed by atoms with Crippen LogP contribution >= 0.6 is 11.6 Å². The van der Waals surface area contributed by atoms with Crippen LogP contribution in [0, 0.1) is 13.8 Å². The number of rotatable bonds is 4. The third-order valence-corrected chi connectivity index (χ3v) is 5.43. The second-order valence-corrected chi connectivity index (χ2v) is 7.73. The molecule has 0 N–H and O–H groups in total. The molecule has 0 saturated carbocycles. The van der Waals surface area contributed by atoms with Crippen LogP contribution in [0.25, 0.3) is 0 Å². The van der Waals surface area contributed by atoms with Crippen molar-refractivity contribution in [3.05, 3.63) is 88.4 Å². The van der Waals surface area contributed by atoms with E-state index >= 15 is 0 Å². The Morgan fingerprint density at radius 3 is 2.46 bits per heavy atom. The first-order valence-corrected chi connectivity index (χ1v) is 9.79. The van der Waals surface area contributed by atoms with Gasteiger partial charge in [-0.3, -0.25) is 4.79 Å². The van der Waals surface area contributed by atoms with Crippen LogP contribution < -0.4 is 9.64 Å². The number of hydrogen-bond acceptors (Lipinski definition) is 2. The number of amides is 1. The molecule has 3 aromatic rings. The van der Waals surface area contributed by atoms with Gasteiger partial charge in [0.2, 0.25) is 5.91 Å². The lowest BCUT2D eigenvalue weighted by Gasteiger charge is -2.19. The first kappa shape index (κ1) is 18.6. The molecule has 1 aliphatic heterocycles. The second-order valence-electron chi connectivity index (χ2n) is 7.29. The summed E-state index contributed by atoms with van der Waals surface area (Å²) < 4.78 is 6.21. The Kier molecular flexibility index (Phi) is 5.10. The van der Waals surface area contributed by atoms with Gasteiger partial charge in [0.25, 0.3) is 0 Å². The first-order valence-electron chi connectivity index (χ1n) is 9.41. The molecule has 1 atom stereocenters. The van der Waals surface area contributed by atoms with Crippen molar-refractivity contribution in [3.8, 4) is 11.5 Å². The molecule has 0 aromatic heterocycles. The van der Waals surface area contributed by atoms with Gasteiger partial charge in [-0.15, -0.1) is 0 Å². The van der Waals surface area contributed by atoms with Gasteiger partial charge >= 0.3 is 0 Å². The van der Waals surface area contributed by atoms with E-state index < -0.39 is 0 Å². The van der Waals surface area contributed by atoms with Crippen molar-refractivity contribution in [1.82, 2.24) is 0 Å². The normalized spacial score (nSPS) is 16.5. The van der Waals surface area contributed by atoms with Crippen molar-refractivity contribution in [2.75, 3.05) is 11.4 Å². The molecule has 1 unspecified atom stereocenters. The number of benzene rings is 3. The molecular weight excluding hydrogens is 370 g/mol. The lowest BCUT2D eigenvalue weighted by molar-refractivity contribution is -0.117. The molecule has 1 saturated heterocycles. The van der Waals surface area contributed by atoms with Crippen molar-refractivity contribution < 1.29 is 9.53 Å². The van der Waals surface area contributed by atoms with Gasteiger partial charge in [0, 0.05) is 35.2 Å². The van der Waals surface area contributed by atoms with E-state index in [1.54, 1.807) is 0 Å². The first-order chi connectivity index (χ1) is 13.5. The number of aryl methyl sites for hydroxylation is 2. The monoisotopic (exact) mass is 391 g/mol. The summed E-state index contributed by atoms with van der Waals surface area (Å²) in [5.41, 5.74) is 4.18. The fourth-order valence-corrected chi connectivity index (χ4v) is 3.78. The Hall–Kier alpha value is -2.78. The van der Waals surface area contributed by atoms with Crippen molar-refractivity contribution in [2.45, 2.75) is 26.2 Å². The van der Waals surface area contributed by atoms with Gasteiger partial charge in [0.05, 0.1) is 0 Å². The second kappa shape index (κ2) is 7.69. The third kappa shape index (κ3) is 3.76. The summed E-state index contributed by atoms with van der Waals surface area (Å²) in [4.78, 5) is 14.6. The third-order valence-electron chi connectivity index (χ3n) is 5.20. The molecule has 1 heterocycles. The van der Waals surface area contributed by atoms with Gasteiger partial charge in [-0.25, -0.2) is 0 Å². The predicted octanol–water partition coefficient (Wildman–Crippen LogP) is 6.27. The molecule has 4 heteroatoms. The fraction of sp³-hybridized carbons (Fsp3) is 0.208. The van der Waals surface area contributed by atoms with Crippen molar-refractivity contribution in [3.63, 3.8) is 0 Å². The zero-order valence-electron chi connectivity index (χ0n) is 16.0. The molecule has 1 amide bonds. The van der Waals surface area contributed by atoms with Crippen LogP contribution in [-0.2, 0) is 4.79 Å². The van der Waals surface area contributed by atoms with Crippen LogP contribution in [0.2, 0.25) is 5.02 Å². The molecule has 4 rings (SSSR count). The molecule has 1 aliphatic rings. The molecule has 142 valence electrons. The molecule has 0 spiro atoms. The standard InChI is InChI=1S/C24H22ClNO2/c1-16-7-10-20(11-8-16)26-15-18(13-24(26)27)21-12-9-19(25)14-23(21)28-22-6-4-3-5-17(22)2/h3-12,14,18H,13,15H2,1-2H3. The van der Waals surface area contributed by atoms with Crippen LogP contribution in [-0.4, -0.2) is 12.5 Å². The number of nitrogens with zero attached hydrogens (tertiary/aromatic N) is 1. The van der Waals surface area contributed by atoms with E-state index in [0.717, 1.165) is 22.6 Å². The van der Waals surface area contributed by atoms with Crippen molar-refractivity contribution in [1.29, 1.82) is 0 Å². The zero-order valence-corrected chi connectivity index (χ0v) is 16.7. The van der Waals surface area contributed by atoms with Gasteiger partial charge < -0.3 is 9.64 Å². The predicted molar refractivity (Wildman–Crippen MR) is 114 cm³/mol. The molecule has 0 aliphatic carbocycles. The number of anilines is 1. The van der Waals surface area contributed by atoms with Gasteiger partial charge in [-0.1, -0.05) is 53.6 Å². The SMILES string of the molecule is Cc1ccc(N2CC(c3ccc(Cl)cc3Oc3ccccc3C)CC2=O)cc1. The molecular formula is C24H22ClNO2. The van der Waals surface area contributed by atoms with Crippen LogP contribution in [0.3, 0.4) is 0 Å². The van der Waals surface area contributed by atoms with Crippen LogP contribution in [0.5, 0.6) is 11.5 Å². The number of carbonyl (C=O) groups is 1. The highest BCUT2D eigenvalue weighted by molar-refractivity contribution is 6.30. The van der Waals surface area contributed by atoms with E-state index in [9.17, 15) is 4.79 Å². The van der Waals surface area contributed by atoms with E-state index in [-0.39, 0.29) is 11.8 Å². The van der Waals surface area contributed by atoms with E-state index in [2.05, 4.69) is 0 Å². The largest absolute Gasteiger partial charge is 0.457 e. The van der Waals surface area contributed by atoms with Crippen molar-refractivity contribution >= 4 is 23.2 Å². The Labute approximate surface area is 170 Å². The quantitative estimate of drug-likeness (QED) is 0.524. The summed E-state index contributed by atoms with van der Waals surface area (Å²) >= 11 is 6.24. The summed E-state index contributed by atoms with van der Waals surface area (Å²) in [6, 6.07) is 21.6. The van der Waals surface area contributed by atoms with Crippen molar-refractivity contribution in [2.24, 2.45) is 0 Å². The van der Waals surface area contributed by atoms with Crippen LogP contribution in [0.1, 0.15) is 29.0 Å². The minimum absolute atomic E-state index is 0.0603. The highest BCUT2D eigenvalue weighted by Gasteiger charge is 2.33. The zero-order chi connectivity index (χ0) is 19.7. The lowest BCUT2D eigenvalue weighted by atomic mass is 9.97. The van der Waals surface area contributed by atoms with Gasteiger partial charge in [0.1, 0.15) is 11.5 Å². The summed E-state index contributed by atoms with van der Waals surface area (Å²) in [5, 5.41) is 0.618. The molecule has 28 heavy (non-hydrogen) atoms. The van der Waals surface area contributed by atoms with Gasteiger partial charge in [0.15, 0.2) is 0 Å². The maximum atomic E-state index is 12.7. The number of ether oxygens (including phenoxy) is 1. The molecule has 3 nitrogen and oxygen atoms in total. The van der Waals surface area contributed by atoms with Gasteiger partial charge in [-0.2, -0.15) is 0 Å². The minimum atomic E-state index is 0.0603. The maximum Gasteiger partial charge on any atom is 0.227 e. The summed E-state index contributed by atoms with van der Waals surface area (Å²) in [6.07, 6.45) is 0.458. The summed E-state index contributed by atoms with van der Waals surface area (Å²) in [6.45, 7) is 4.69. The van der Waals surface area contributed by atoms with E-state index in [1.807, 2.05) is 85.5 Å². The number of carbonyl (C=O) groups excluding carboxylic acids is 1. The average molecular weight is 392 g/mol.